The van der Waals surface area contributed by atoms with E-state index in [1.54, 1.807) is 0 Å². The van der Waals surface area contributed by atoms with Crippen LogP contribution < -0.4 is 15.8 Å². The number of benzene rings is 1. The van der Waals surface area contributed by atoms with Crippen LogP contribution in [0.2, 0.25) is 0 Å². The van der Waals surface area contributed by atoms with E-state index in [2.05, 4.69) is 5.32 Å². The van der Waals surface area contributed by atoms with E-state index < -0.39 is 0 Å². The molecule has 5 nitrogen and oxygen atoms in total. The van der Waals surface area contributed by atoms with Gasteiger partial charge in [-0.3, -0.25) is 4.79 Å². The second kappa shape index (κ2) is 4.59. The minimum atomic E-state index is -0.156. The van der Waals surface area contributed by atoms with Gasteiger partial charge in [-0.2, -0.15) is 0 Å². The number of rotatable bonds is 2. The molecule has 1 saturated heterocycles. The summed E-state index contributed by atoms with van der Waals surface area (Å²) in [5, 5.41) is 2.79. The average Bonchev–Trinajstić information content (AvgIpc) is 2.90. The van der Waals surface area contributed by atoms with Crippen molar-refractivity contribution in [3.05, 3.63) is 23.8 Å². The number of carbonyl (C=O) groups is 1. The minimum absolute atomic E-state index is 0.0725. The Morgan fingerprint density at radius 3 is 3.11 bits per heavy atom. The molecule has 0 spiro atoms. The molecule has 18 heavy (non-hydrogen) atoms. The van der Waals surface area contributed by atoms with Crippen LogP contribution in [-0.2, 0) is 9.53 Å². The van der Waals surface area contributed by atoms with Crippen molar-refractivity contribution in [1.82, 2.24) is 0 Å². The maximum atomic E-state index is 11.3. The monoisotopic (exact) mass is 248 g/mol. The van der Waals surface area contributed by atoms with E-state index in [1.165, 1.54) is 0 Å². The first-order chi connectivity index (χ1) is 8.74. The van der Waals surface area contributed by atoms with Gasteiger partial charge in [0.25, 0.3) is 5.91 Å². The molecule has 1 fully saturated rings. The maximum absolute atomic E-state index is 11.3. The molecule has 0 bridgehead atoms. The first kappa shape index (κ1) is 11.5. The zero-order valence-corrected chi connectivity index (χ0v) is 10.0. The van der Waals surface area contributed by atoms with Crippen LogP contribution in [-0.4, -0.2) is 25.2 Å². The lowest BCUT2D eigenvalue weighted by Gasteiger charge is -2.22. The van der Waals surface area contributed by atoms with Gasteiger partial charge in [0.1, 0.15) is 5.75 Å². The van der Waals surface area contributed by atoms with Crippen LogP contribution in [0, 0.1) is 0 Å². The van der Waals surface area contributed by atoms with Gasteiger partial charge in [0.2, 0.25) is 0 Å². The highest BCUT2D eigenvalue weighted by Gasteiger charge is 2.25. The van der Waals surface area contributed by atoms with Gasteiger partial charge >= 0.3 is 0 Å². The lowest BCUT2D eigenvalue weighted by atomic mass is 9.99. The summed E-state index contributed by atoms with van der Waals surface area (Å²) >= 11 is 0. The molecule has 0 aliphatic carbocycles. The van der Waals surface area contributed by atoms with Gasteiger partial charge in [0.15, 0.2) is 6.61 Å². The summed E-state index contributed by atoms with van der Waals surface area (Å²) in [6.07, 6.45) is 2.12. The highest BCUT2D eigenvalue weighted by Crippen LogP contribution is 2.32. The molecule has 2 aliphatic rings. The molecule has 2 aliphatic heterocycles. The van der Waals surface area contributed by atoms with E-state index in [4.69, 9.17) is 15.2 Å². The molecule has 1 aromatic carbocycles. The topological polar surface area (TPSA) is 73.6 Å². The predicted molar refractivity (Wildman–Crippen MR) is 66.5 cm³/mol. The summed E-state index contributed by atoms with van der Waals surface area (Å²) < 4.78 is 10.9. The van der Waals surface area contributed by atoms with Crippen LogP contribution in [0.1, 0.15) is 24.4 Å². The Hall–Kier alpha value is -1.59. The minimum Gasteiger partial charge on any atom is -0.482 e. The largest absolute Gasteiger partial charge is 0.482 e. The number of ether oxygens (including phenoxy) is 2. The van der Waals surface area contributed by atoms with Gasteiger partial charge in [-0.15, -0.1) is 0 Å². The molecule has 3 rings (SSSR count). The highest BCUT2D eigenvalue weighted by molar-refractivity contribution is 5.95. The van der Waals surface area contributed by atoms with Crippen molar-refractivity contribution < 1.29 is 14.3 Å². The van der Waals surface area contributed by atoms with Crippen LogP contribution in [0.25, 0.3) is 0 Å². The molecule has 2 unspecified atom stereocenters. The van der Waals surface area contributed by atoms with Crippen molar-refractivity contribution in [3.8, 4) is 5.75 Å². The Labute approximate surface area is 105 Å². The summed E-state index contributed by atoms with van der Waals surface area (Å²) in [5.74, 6) is 0.559. The molecular weight excluding hydrogens is 232 g/mol. The number of anilines is 1. The fraction of sp³-hybridized carbons (Fsp3) is 0.462. The first-order valence-electron chi connectivity index (χ1n) is 6.18. The molecule has 3 N–H and O–H groups in total. The van der Waals surface area contributed by atoms with Gasteiger partial charge in [-0.1, -0.05) is 6.07 Å². The first-order valence-corrected chi connectivity index (χ1v) is 6.18. The van der Waals surface area contributed by atoms with Crippen molar-refractivity contribution in [2.75, 3.05) is 18.5 Å². The van der Waals surface area contributed by atoms with E-state index >= 15 is 0 Å². The quantitative estimate of drug-likeness (QED) is 0.824. The number of fused-ring (bicyclic) bond motifs is 1. The molecule has 96 valence electrons. The predicted octanol–water partition coefficient (Wildman–Crippen LogP) is 1.20. The molecule has 1 aromatic rings. The molecular formula is C13H16N2O3. The standard InChI is InChI=1S/C13H16N2O3/c14-13(11-2-1-5-17-11)8-3-4-10-9(6-8)15-12(16)7-18-10/h3-4,6,11,13H,1-2,5,7,14H2,(H,15,16). The van der Waals surface area contributed by atoms with E-state index in [1.807, 2.05) is 18.2 Å². The third-order valence-electron chi connectivity index (χ3n) is 3.39. The molecule has 0 aromatic heterocycles. The second-order valence-electron chi connectivity index (χ2n) is 4.67. The Kier molecular flexibility index (Phi) is 2.93. The summed E-state index contributed by atoms with van der Waals surface area (Å²) in [6, 6.07) is 5.50. The molecule has 0 saturated carbocycles. The third kappa shape index (κ3) is 2.07. The zero-order chi connectivity index (χ0) is 12.5. The van der Waals surface area contributed by atoms with Crippen LogP contribution in [0.5, 0.6) is 5.75 Å². The number of nitrogens with one attached hydrogen (secondary N) is 1. The molecule has 2 heterocycles. The molecule has 2 atom stereocenters. The average molecular weight is 248 g/mol. The number of hydrogen-bond donors (Lipinski definition) is 2. The molecule has 0 radical (unpaired) electrons. The fourth-order valence-electron chi connectivity index (χ4n) is 2.41. The summed E-state index contributed by atoms with van der Waals surface area (Å²) in [6.45, 7) is 0.854. The van der Waals surface area contributed by atoms with Gasteiger partial charge in [-0.05, 0) is 30.5 Å². The van der Waals surface area contributed by atoms with Crippen LogP contribution in [0.15, 0.2) is 18.2 Å². The van der Waals surface area contributed by atoms with Gasteiger partial charge in [0, 0.05) is 6.61 Å². The Morgan fingerprint density at radius 2 is 2.33 bits per heavy atom. The van der Waals surface area contributed by atoms with Crippen molar-refractivity contribution >= 4 is 11.6 Å². The summed E-state index contributed by atoms with van der Waals surface area (Å²) in [4.78, 5) is 11.3. The van der Waals surface area contributed by atoms with E-state index in [0.29, 0.717) is 11.4 Å². The number of carbonyl (C=O) groups excluding carboxylic acids is 1. The van der Waals surface area contributed by atoms with Crippen LogP contribution in [0.4, 0.5) is 5.69 Å². The SMILES string of the molecule is NC(c1ccc2c(c1)NC(=O)CO2)C1CCCO1. The maximum Gasteiger partial charge on any atom is 0.262 e. The van der Waals surface area contributed by atoms with E-state index in [-0.39, 0.29) is 24.7 Å². The Balaban J connectivity index is 1.84. The van der Waals surface area contributed by atoms with Gasteiger partial charge in [-0.25, -0.2) is 0 Å². The Bertz CT molecular complexity index is 469. The number of amides is 1. The Morgan fingerprint density at radius 1 is 1.44 bits per heavy atom. The van der Waals surface area contributed by atoms with Crippen LogP contribution >= 0.6 is 0 Å². The van der Waals surface area contributed by atoms with Crippen molar-refractivity contribution in [2.45, 2.75) is 25.0 Å². The summed E-state index contributed by atoms with van der Waals surface area (Å²) in [7, 11) is 0. The smallest absolute Gasteiger partial charge is 0.262 e. The third-order valence-corrected chi connectivity index (χ3v) is 3.39. The second-order valence-corrected chi connectivity index (χ2v) is 4.67. The van der Waals surface area contributed by atoms with Crippen molar-refractivity contribution in [3.63, 3.8) is 0 Å². The van der Waals surface area contributed by atoms with Crippen molar-refractivity contribution in [2.24, 2.45) is 5.73 Å². The number of hydrogen-bond acceptors (Lipinski definition) is 4. The van der Waals surface area contributed by atoms with E-state index in [9.17, 15) is 4.79 Å². The number of nitrogens with two attached hydrogens (primary N) is 1. The lowest BCUT2D eigenvalue weighted by Crippen LogP contribution is -2.28. The lowest BCUT2D eigenvalue weighted by molar-refractivity contribution is -0.118. The highest BCUT2D eigenvalue weighted by atomic mass is 16.5. The van der Waals surface area contributed by atoms with Gasteiger partial charge < -0.3 is 20.5 Å². The zero-order valence-electron chi connectivity index (χ0n) is 10.0. The fourth-order valence-corrected chi connectivity index (χ4v) is 2.41. The van der Waals surface area contributed by atoms with Crippen LogP contribution in [0.3, 0.4) is 0 Å². The van der Waals surface area contributed by atoms with Gasteiger partial charge in [0.05, 0.1) is 17.8 Å². The van der Waals surface area contributed by atoms with E-state index in [0.717, 1.165) is 25.0 Å². The normalized spacial score (nSPS) is 24.1. The van der Waals surface area contributed by atoms with Crippen molar-refractivity contribution in [1.29, 1.82) is 0 Å². The molecule has 1 amide bonds. The molecule has 5 heteroatoms. The summed E-state index contributed by atoms with van der Waals surface area (Å²) in [5.41, 5.74) is 7.85.